The number of allylic oxidation sites excluding steroid dienone is 1. The van der Waals surface area contributed by atoms with Crippen molar-refractivity contribution in [3.8, 4) is 5.75 Å². The van der Waals surface area contributed by atoms with Gasteiger partial charge in [-0.2, -0.15) is 0 Å². The third kappa shape index (κ3) is 7.57. The second-order valence-electron chi connectivity index (χ2n) is 10.1. The van der Waals surface area contributed by atoms with E-state index in [-0.39, 0.29) is 24.5 Å². The number of likely N-dealkylation sites (tertiary alicyclic amines) is 1. The molecule has 1 saturated heterocycles. The fraction of sp³-hybridized carbons (Fsp3) is 0.533. The van der Waals surface area contributed by atoms with Crippen LogP contribution in [0.5, 0.6) is 5.75 Å². The standard InChI is InChI=1S/C30H40N2O4/c1-35-29(33)15-7-2-4-12-25(22-36-28-17-16-23-10-8-9-11-24(23)20-28)30(34)31-26-18-19-32(21-26)27-13-5-3-6-14-27/h8-12,16-17,20,26-27H,2-7,13-15,18-19,21-22H2,1H3,(H,31,34). The van der Waals surface area contributed by atoms with Crippen LogP contribution in [-0.2, 0) is 14.3 Å². The van der Waals surface area contributed by atoms with Gasteiger partial charge in [0, 0.05) is 31.6 Å². The molecule has 0 bridgehead atoms. The van der Waals surface area contributed by atoms with Crippen molar-refractivity contribution in [1.29, 1.82) is 0 Å². The van der Waals surface area contributed by atoms with Gasteiger partial charge < -0.3 is 14.8 Å². The number of benzene rings is 2. The summed E-state index contributed by atoms with van der Waals surface area (Å²) in [6.07, 6.45) is 12.2. The molecule has 1 aliphatic heterocycles. The van der Waals surface area contributed by atoms with Gasteiger partial charge in [-0.05, 0) is 61.4 Å². The number of nitrogens with zero attached hydrogens (tertiary/aromatic N) is 1. The summed E-state index contributed by atoms with van der Waals surface area (Å²) in [6.45, 7) is 2.23. The minimum atomic E-state index is -0.194. The first kappa shape index (κ1) is 26.2. The Hall–Kier alpha value is -2.86. The number of carbonyl (C=O) groups excluding carboxylic acids is 2. The lowest BCUT2D eigenvalue weighted by Gasteiger charge is -2.31. The Morgan fingerprint density at radius 2 is 1.83 bits per heavy atom. The van der Waals surface area contributed by atoms with Crippen molar-refractivity contribution in [2.24, 2.45) is 0 Å². The van der Waals surface area contributed by atoms with Gasteiger partial charge in [0.2, 0.25) is 0 Å². The number of unbranched alkanes of at least 4 members (excludes halogenated alkanes) is 2. The number of nitrogens with one attached hydrogen (secondary N) is 1. The van der Waals surface area contributed by atoms with Gasteiger partial charge in [0.1, 0.15) is 12.4 Å². The van der Waals surface area contributed by atoms with Crippen molar-refractivity contribution in [3.63, 3.8) is 0 Å². The molecule has 1 saturated carbocycles. The highest BCUT2D eigenvalue weighted by atomic mass is 16.5. The molecule has 1 heterocycles. The van der Waals surface area contributed by atoms with Crippen LogP contribution in [0.15, 0.2) is 54.1 Å². The van der Waals surface area contributed by atoms with E-state index in [2.05, 4.69) is 22.3 Å². The van der Waals surface area contributed by atoms with E-state index < -0.39 is 0 Å². The van der Waals surface area contributed by atoms with Crippen LogP contribution < -0.4 is 10.1 Å². The molecule has 2 aliphatic rings. The van der Waals surface area contributed by atoms with Crippen molar-refractivity contribution in [3.05, 3.63) is 54.1 Å². The molecule has 4 rings (SSSR count). The number of hydrogen-bond donors (Lipinski definition) is 1. The van der Waals surface area contributed by atoms with Crippen LogP contribution in [0.1, 0.15) is 64.2 Å². The lowest BCUT2D eigenvalue weighted by molar-refractivity contribution is -0.140. The number of hydrogen-bond acceptors (Lipinski definition) is 5. The van der Waals surface area contributed by atoms with Gasteiger partial charge in [-0.1, -0.05) is 55.7 Å². The molecule has 2 aromatic carbocycles. The van der Waals surface area contributed by atoms with E-state index in [0.29, 0.717) is 18.0 Å². The van der Waals surface area contributed by atoms with Gasteiger partial charge in [-0.25, -0.2) is 0 Å². The van der Waals surface area contributed by atoms with Crippen LogP contribution >= 0.6 is 0 Å². The minimum Gasteiger partial charge on any atom is -0.489 e. The van der Waals surface area contributed by atoms with Crippen LogP contribution in [-0.4, -0.2) is 55.7 Å². The van der Waals surface area contributed by atoms with E-state index in [1.807, 2.05) is 36.4 Å². The van der Waals surface area contributed by atoms with E-state index in [4.69, 9.17) is 9.47 Å². The molecule has 1 aliphatic carbocycles. The maximum atomic E-state index is 13.3. The van der Waals surface area contributed by atoms with Crippen molar-refractivity contribution in [2.75, 3.05) is 26.8 Å². The Bertz CT molecular complexity index is 1040. The highest BCUT2D eigenvalue weighted by Gasteiger charge is 2.30. The maximum Gasteiger partial charge on any atom is 0.305 e. The van der Waals surface area contributed by atoms with Crippen molar-refractivity contribution < 1.29 is 19.1 Å². The maximum absolute atomic E-state index is 13.3. The lowest BCUT2D eigenvalue weighted by atomic mass is 9.94. The van der Waals surface area contributed by atoms with Crippen LogP contribution in [0.25, 0.3) is 10.8 Å². The summed E-state index contributed by atoms with van der Waals surface area (Å²) < 4.78 is 10.8. The van der Waals surface area contributed by atoms with Gasteiger partial charge in [0.25, 0.3) is 5.91 Å². The molecule has 1 atom stereocenters. The monoisotopic (exact) mass is 492 g/mol. The number of carbonyl (C=O) groups is 2. The zero-order valence-electron chi connectivity index (χ0n) is 21.5. The van der Waals surface area contributed by atoms with E-state index in [0.717, 1.165) is 55.3 Å². The number of rotatable bonds is 11. The van der Waals surface area contributed by atoms with Crippen LogP contribution in [0.4, 0.5) is 0 Å². The molecule has 0 radical (unpaired) electrons. The number of fused-ring (bicyclic) bond motifs is 1. The smallest absolute Gasteiger partial charge is 0.305 e. The summed E-state index contributed by atoms with van der Waals surface area (Å²) >= 11 is 0. The van der Waals surface area contributed by atoms with Crippen molar-refractivity contribution in [1.82, 2.24) is 10.2 Å². The van der Waals surface area contributed by atoms with Gasteiger partial charge in [0.05, 0.1) is 12.7 Å². The van der Waals surface area contributed by atoms with Gasteiger partial charge >= 0.3 is 5.97 Å². The molecule has 194 valence electrons. The molecular formula is C30H40N2O4. The predicted octanol–water partition coefficient (Wildman–Crippen LogP) is 5.40. The predicted molar refractivity (Wildman–Crippen MR) is 143 cm³/mol. The molecule has 2 aromatic rings. The Labute approximate surface area is 215 Å². The molecule has 1 N–H and O–H groups in total. The van der Waals surface area contributed by atoms with Crippen molar-refractivity contribution >= 4 is 22.6 Å². The second kappa shape index (κ2) is 13.4. The summed E-state index contributed by atoms with van der Waals surface area (Å²) in [5, 5.41) is 5.55. The molecule has 0 aromatic heterocycles. The van der Waals surface area contributed by atoms with Crippen LogP contribution in [0.3, 0.4) is 0 Å². The van der Waals surface area contributed by atoms with Crippen LogP contribution in [0.2, 0.25) is 0 Å². The van der Waals surface area contributed by atoms with E-state index in [9.17, 15) is 9.59 Å². The molecule has 6 nitrogen and oxygen atoms in total. The Morgan fingerprint density at radius 3 is 2.64 bits per heavy atom. The highest BCUT2D eigenvalue weighted by Crippen LogP contribution is 2.26. The van der Waals surface area contributed by atoms with E-state index >= 15 is 0 Å². The van der Waals surface area contributed by atoms with Gasteiger partial charge in [0.15, 0.2) is 0 Å². The summed E-state index contributed by atoms with van der Waals surface area (Å²) in [5.74, 6) is 0.516. The first-order chi connectivity index (χ1) is 17.6. The number of ether oxygens (including phenoxy) is 2. The zero-order chi connectivity index (χ0) is 25.2. The first-order valence-corrected chi connectivity index (χ1v) is 13.5. The Morgan fingerprint density at radius 1 is 1.03 bits per heavy atom. The fourth-order valence-electron chi connectivity index (χ4n) is 5.39. The highest BCUT2D eigenvalue weighted by molar-refractivity contribution is 5.94. The molecular weight excluding hydrogens is 452 g/mol. The summed E-state index contributed by atoms with van der Waals surface area (Å²) in [4.78, 5) is 27.2. The largest absolute Gasteiger partial charge is 0.489 e. The fourth-order valence-corrected chi connectivity index (χ4v) is 5.39. The van der Waals surface area contributed by atoms with Crippen LogP contribution in [0, 0.1) is 0 Å². The second-order valence-corrected chi connectivity index (χ2v) is 10.1. The van der Waals surface area contributed by atoms with Gasteiger partial charge in [-0.3, -0.25) is 14.5 Å². The summed E-state index contributed by atoms with van der Waals surface area (Å²) in [7, 11) is 1.41. The summed E-state index contributed by atoms with van der Waals surface area (Å²) in [5.41, 5.74) is 0.650. The Kier molecular flexibility index (Phi) is 9.79. The SMILES string of the molecule is COC(=O)CCCCC=C(COc1ccc2ccccc2c1)C(=O)NC1CCN(C2CCCCC2)C1. The minimum absolute atomic E-state index is 0.0424. The topological polar surface area (TPSA) is 67.9 Å². The third-order valence-electron chi connectivity index (χ3n) is 7.51. The average Bonchev–Trinajstić information content (AvgIpc) is 3.38. The molecule has 0 spiro atoms. The van der Waals surface area contributed by atoms with E-state index in [1.165, 1.54) is 39.2 Å². The zero-order valence-corrected chi connectivity index (χ0v) is 21.5. The molecule has 6 heteroatoms. The molecule has 1 unspecified atom stereocenters. The number of esters is 1. The average molecular weight is 493 g/mol. The Balaban J connectivity index is 1.34. The number of methoxy groups -OCH3 is 1. The molecule has 1 amide bonds. The van der Waals surface area contributed by atoms with Crippen molar-refractivity contribution in [2.45, 2.75) is 76.3 Å². The lowest BCUT2D eigenvalue weighted by Crippen LogP contribution is -2.41. The summed E-state index contributed by atoms with van der Waals surface area (Å²) in [6, 6.07) is 15.0. The number of amides is 1. The first-order valence-electron chi connectivity index (χ1n) is 13.5. The molecule has 36 heavy (non-hydrogen) atoms. The van der Waals surface area contributed by atoms with Gasteiger partial charge in [-0.15, -0.1) is 0 Å². The quantitative estimate of drug-likeness (QED) is 0.258. The van der Waals surface area contributed by atoms with E-state index in [1.54, 1.807) is 0 Å². The normalized spacial score (nSPS) is 19.4. The molecule has 2 fully saturated rings. The third-order valence-corrected chi connectivity index (χ3v) is 7.51.